The number of nitrogens with zero attached hydrogens (tertiary/aromatic N) is 2. The maximum absolute atomic E-state index is 13.5. The lowest BCUT2D eigenvalue weighted by Gasteiger charge is -2.20. The van der Waals surface area contributed by atoms with Gasteiger partial charge in [-0.15, -0.1) is 0 Å². The van der Waals surface area contributed by atoms with E-state index in [4.69, 9.17) is 16.3 Å². The van der Waals surface area contributed by atoms with Crippen LogP contribution in [0.5, 0.6) is 11.5 Å². The molecule has 8 nitrogen and oxygen atoms in total. The molecule has 1 fully saturated rings. The second-order valence-corrected chi connectivity index (χ2v) is 11.0. The molecule has 0 saturated carbocycles. The van der Waals surface area contributed by atoms with Gasteiger partial charge >= 0.3 is 12.1 Å². The molecule has 0 atom stereocenters. The largest absolute Gasteiger partial charge is 0.457 e. The standard InChI is InChI=1S/C28H27BrClFN4O4/c1-28(2)25(36)35(27(38)33-28)15-18-6-4-17(5-7-18)14-32-26(37)34(3)16-19-8-9-20(29)12-24(19)39-21-10-11-23(31)22(30)13-21/h4-13H,14-16H2,1-3H3,(H,32,37)(H,33,38). The van der Waals surface area contributed by atoms with Gasteiger partial charge in [-0.1, -0.05) is 57.9 Å². The van der Waals surface area contributed by atoms with Gasteiger partial charge in [-0.05, 0) is 49.2 Å². The number of benzene rings is 3. The van der Waals surface area contributed by atoms with Gasteiger partial charge in [0.05, 0.1) is 18.1 Å². The Hall–Kier alpha value is -3.63. The van der Waals surface area contributed by atoms with E-state index in [0.717, 1.165) is 21.2 Å². The number of halogens is 3. The van der Waals surface area contributed by atoms with Crippen LogP contribution in [0.15, 0.2) is 65.1 Å². The number of ether oxygens (including phenoxy) is 1. The summed E-state index contributed by atoms with van der Waals surface area (Å²) in [5.74, 6) is 0.0564. The number of hydrogen-bond donors (Lipinski definition) is 2. The van der Waals surface area contributed by atoms with E-state index < -0.39 is 17.4 Å². The maximum atomic E-state index is 13.5. The van der Waals surface area contributed by atoms with Crippen LogP contribution < -0.4 is 15.4 Å². The molecule has 1 aliphatic heterocycles. The molecule has 5 amide bonds. The molecular formula is C28H27BrClFN4O4. The van der Waals surface area contributed by atoms with Gasteiger partial charge < -0.3 is 20.3 Å². The average Bonchev–Trinajstić information content (AvgIpc) is 3.08. The minimum Gasteiger partial charge on any atom is -0.457 e. The van der Waals surface area contributed by atoms with Crippen molar-refractivity contribution < 1.29 is 23.5 Å². The average molecular weight is 618 g/mol. The minimum absolute atomic E-state index is 0.0486. The van der Waals surface area contributed by atoms with Crippen LogP contribution in [0.2, 0.25) is 5.02 Å². The van der Waals surface area contributed by atoms with Gasteiger partial charge in [0.15, 0.2) is 0 Å². The van der Waals surface area contributed by atoms with Crippen molar-refractivity contribution in [3.8, 4) is 11.5 Å². The molecular weight excluding hydrogens is 591 g/mol. The van der Waals surface area contributed by atoms with Gasteiger partial charge in [0, 0.05) is 29.7 Å². The predicted molar refractivity (Wildman–Crippen MR) is 149 cm³/mol. The summed E-state index contributed by atoms with van der Waals surface area (Å²) in [5, 5.41) is 5.50. The number of imide groups is 1. The first-order valence-corrected chi connectivity index (χ1v) is 13.2. The Balaban J connectivity index is 1.34. The van der Waals surface area contributed by atoms with Crippen molar-refractivity contribution in [1.29, 1.82) is 0 Å². The third-order valence-electron chi connectivity index (χ3n) is 6.15. The zero-order valence-corrected chi connectivity index (χ0v) is 23.9. The lowest BCUT2D eigenvalue weighted by atomic mass is 10.1. The zero-order valence-electron chi connectivity index (χ0n) is 21.6. The first-order chi connectivity index (χ1) is 18.4. The number of urea groups is 2. The molecule has 0 radical (unpaired) electrons. The molecule has 0 bridgehead atoms. The topological polar surface area (TPSA) is 91.0 Å². The highest BCUT2D eigenvalue weighted by atomic mass is 79.9. The van der Waals surface area contributed by atoms with Crippen LogP contribution in [0.1, 0.15) is 30.5 Å². The van der Waals surface area contributed by atoms with Crippen molar-refractivity contribution in [1.82, 2.24) is 20.4 Å². The summed E-state index contributed by atoms with van der Waals surface area (Å²) >= 11 is 9.30. The molecule has 204 valence electrons. The summed E-state index contributed by atoms with van der Waals surface area (Å²) in [5.41, 5.74) is 1.49. The van der Waals surface area contributed by atoms with Crippen LogP contribution in [0.3, 0.4) is 0 Å². The minimum atomic E-state index is -0.912. The van der Waals surface area contributed by atoms with E-state index in [1.54, 1.807) is 27.0 Å². The van der Waals surface area contributed by atoms with E-state index in [0.29, 0.717) is 11.5 Å². The maximum Gasteiger partial charge on any atom is 0.325 e. The summed E-state index contributed by atoms with van der Waals surface area (Å²) < 4.78 is 20.2. The van der Waals surface area contributed by atoms with Gasteiger partial charge in [-0.25, -0.2) is 14.0 Å². The van der Waals surface area contributed by atoms with Crippen molar-refractivity contribution in [3.05, 3.63) is 92.7 Å². The zero-order chi connectivity index (χ0) is 28.3. The molecule has 0 aliphatic carbocycles. The van der Waals surface area contributed by atoms with Crippen molar-refractivity contribution in [3.63, 3.8) is 0 Å². The molecule has 3 aromatic carbocycles. The number of carbonyl (C=O) groups is 3. The molecule has 0 unspecified atom stereocenters. The molecule has 2 N–H and O–H groups in total. The van der Waals surface area contributed by atoms with Gasteiger partial charge in [-0.2, -0.15) is 0 Å². The van der Waals surface area contributed by atoms with E-state index in [-0.39, 0.29) is 36.6 Å². The lowest BCUT2D eigenvalue weighted by Crippen LogP contribution is -2.40. The van der Waals surface area contributed by atoms with Crippen molar-refractivity contribution >= 4 is 45.5 Å². The van der Waals surface area contributed by atoms with E-state index in [9.17, 15) is 18.8 Å². The second kappa shape index (κ2) is 11.6. The summed E-state index contributed by atoms with van der Waals surface area (Å²) in [7, 11) is 1.67. The molecule has 0 spiro atoms. The monoisotopic (exact) mass is 616 g/mol. The van der Waals surface area contributed by atoms with Gasteiger partial charge in [-0.3, -0.25) is 9.69 Å². The highest BCUT2D eigenvalue weighted by Crippen LogP contribution is 2.31. The molecule has 4 rings (SSSR count). The highest BCUT2D eigenvalue weighted by molar-refractivity contribution is 9.10. The summed E-state index contributed by atoms with van der Waals surface area (Å²) in [6.07, 6.45) is 0. The van der Waals surface area contributed by atoms with E-state index in [2.05, 4.69) is 26.6 Å². The Morgan fingerprint density at radius 2 is 1.79 bits per heavy atom. The van der Waals surface area contributed by atoms with Crippen LogP contribution in [0.25, 0.3) is 0 Å². The fourth-order valence-corrected chi connectivity index (χ4v) is 4.48. The number of carbonyl (C=O) groups excluding carboxylic acids is 3. The van der Waals surface area contributed by atoms with Crippen LogP contribution in [-0.4, -0.2) is 40.4 Å². The van der Waals surface area contributed by atoms with Crippen LogP contribution in [-0.2, 0) is 24.4 Å². The summed E-state index contributed by atoms with van der Waals surface area (Å²) in [6, 6.07) is 16.2. The van der Waals surface area contributed by atoms with Crippen LogP contribution in [0, 0.1) is 5.82 Å². The SMILES string of the molecule is CN(Cc1ccc(Br)cc1Oc1ccc(F)c(Cl)c1)C(=O)NCc1ccc(CN2C(=O)NC(C)(C)C2=O)cc1. The lowest BCUT2D eigenvalue weighted by molar-refractivity contribution is -0.130. The summed E-state index contributed by atoms with van der Waals surface area (Å²) in [6.45, 7) is 4.05. The number of hydrogen-bond acceptors (Lipinski definition) is 4. The molecule has 39 heavy (non-hydrogen) atoms. The van der Waals surface area contributed by atoms with E-state index in [1.165, 1.54) is 28.0 Å². The normalized spacial score (nSPS) is 14.3. The highest BCUT2D eigenvalue weighted by Gasteiger charge is 2.44. The first-order valence-electron chi connectivity index (χ1n) is 12.0. The van der Waals surface area contributed by atoms with E-state index >= 15 is 0 Å². The smallest absolute Gasteiger partial charge is 0.325 e. The van der Waals surface area contributed by atoms with Crippen LogP contribution >= 0.6 is 27.5 Å². The van der Waals surface area contributed by atoms with Crippen molar-refractivity contribution in [2.45, 2.75) is 39.0 Å². The summed E-state index contributed by atoms with van der Waals surface area (Å²) in [4.78, 5) is 40.0. The molecule has 1 aliphatic rings. The fraction of sp³-hybridized carbons (Fsp3) is 0.250. The Labute approximate surface area is 239 Å². The predicted octanol–water partition coefficient (Wildman–Crippen LogP) is 6.21. The molecule has 1 heterocycles. The number of amides is 5. The Morgan fingerprint density at radius 1 is 1.10 bits per heavy atom. The Morgan fingerprint density at radius 3 is 2.44 bits per heavy atom. The van der Waals surface area contributed by atoms with Crippen LogP contribution in [0.4, 0.5) is 14.0 Å². The number of nitrogens with one attached hydrogen (secondary N) is 2. The van der Waals surface area contributed by atoms with Crippen molar-refractivity contribution in [2.24, 2.45) is 0 Å². The van der Waals surface area contributed by atoms with Gasteiger partial charge in [0.1, 0.15) is 22.9 Å². The molecule has 3 aromatic rings. The Bertz CT molecular complexity index is 1420. The first kappa shape index (κ1) is 28.4. The van der Waals surface area contributed by atoms with Gasteiger partial charge in [0.2, 0.25) is 0 Å². The fourth-order valence-electron chi connectivity index (χ4n) is 3.97. The quantitative estimate of drug-likeness (QED) is 0.294. The Kier molecular flexibility index (Phi) is 8.46. The van der Waals surface area contributed by atoms with E-state index in [1.807, 2.05) is 36.4 Å². The third kappa shape index (κ3) is 6.88. The van der Waals surface area contributed by atoms with Gasteiger partial charge in [0.25, 0.3) is 5.91 Å². The molecule has 0 aromatic heterocycles. The molecule has 1 saturated heterocycles. The second-order valence-electron chi connectivity index (χ2n) is 9.71. The van der Waals surface area contributed by atoms with Crippen molar-refractivity contribution in [2.75, 3.05) is 7.05 Å². The molecule has 11 heteroatoms. The number of rotatable bonds is 8. The third-order valence-corrected chi connectivity index (χ3v) is 6.94.